The topological polar surface area (TPSA) is 170 Å². The number of pyridine rings is 2. The molecule has 3 rings (SSSR count). The number of aliphatic carboxylic acids is 1. The van der Waals surface area contributed by atoms with Crippen molar-refractivity contribution in [2.24, 2.45) is 11.1 Å². The van der Waals surface area contributed by atoms with Gasteiger partial charge in [0.25, 0.3) is 5.91 Å². The number of carboxylic acid groups (broad SMARTS) is 1. The van der Waals surface area contributed by atoms with Gasteiger partial charge in [-0.1, -0.05) is 54.9 Å². The number of imide groups is 1. The fourth-order valence-corrected chi connectivity index (χ4v) is 6.23. The Morgan fingerprint density at radius 3 is 2.14 bits per heavy atom. The number of sulfone groups is 1. The summed E-state index contributed by atoms with van der Waals surface area (Å²) in [6, 6.07) is 12.0. The van der Waals surface area contributed by atoms with Gasteiger partial charge in [-0.25, -0.2) is 27.9 Å². The van der Waals surface area contributed by atoms with Gasteiger partial charge >= 0.3 is 12.1 Å². The molecule has 0 bridgehead atoms. The summed E-state index contributed by atoms with van der Waals surface area (Å²) in [5.41, 5.74) is 4.56. The molecule has 0 aliphatic heterocycles. The Kier molecular flexibility index (Phi) is 9.84. The zero-order valence-electron chi connectivity index (χ0n) is 24.7. The minimum Gasteiger partial charge on any atom is -0.480 e. The molecule has 43 heavy (non-hydrogen) atoms. The summed E-state index contributed by atoms with van der Waals surface area (Å²) in [4.78, 5) is 46.1. The number of hydrogen-bond donors (Lipinski definition) is 2. The summed E-state index contributed by atoms with van der Waals surface area (Å²) in [5, 5.41) is 10.1. The zero-order chi connectivity index (χ0) is 32.4. The third kappa shape index (κ3) is 7.64. The maximum absolute atomic E-state index is 14.1. The SMILES string of the molecule is CC(C)(C)OC(=O)N(C(=O)c1cccc(C(N)(Cc2ccc(Br)cc2)S(=O)(=O)c2cccnc2)n1)C(C(=O)O)C(C)(C)C. The van der Waals surface area contributed by atoms with Gasteiger partial charge in [-0.15, -0.1) is 0 Å². The van der Waals surface area contributed by atoms with E-state index in [1.54, 1.807) is 65.8 Å². The lowest BCUT2D eigenvalue weighted by atomic mass is 9.85. The van der Waals surface area contributed by atoms with Crippen molar-refractivity contribution < 1.29 is 32.6 Å². The highest BCUT2D eigenvalue weighted by molar-refractivity contribution is 9.10. The van der Waals surface area contributed by atoms with Crippen molar-refractivity contribution in [2.45, 2.75) is 69.4 Å². The number of carboxylic acids is 1. The lowest BCUT2D eigenvalue weighted by Crippen LogP contribution is -2.56. The van der Waals surface area contributed by atoms with Gasteiger partial charge in [0, 0.05) is 23.3 Å². The molecule has 13 heteroatoms. The number of nitrogens with two attached hydrogens (primary N) is 1. The molecular formula is C30H35BrN4O7S. The maximum atomic E-state index is 14.1. The molecule has 2 amide bonds. The molecular weight excluding hydrogens is 640 g/mol. The van der Waals surface area contributed by atoms with Crippen LogP contribution in [0.15, 0.2) is 76.4 Å². The third-order valence-electron chi connectivity index (χ3n) is 6.33. The van der Waals surface area contributed by atoms with Crippen molar-refractivity contribution >= 4 is 43.7 Å². The maximum Gasteiger partial charge on any atom is 0.418 e. The van der Waals surface area contributed by atoms with Crippen molar-refractivity contribution in [3.8, 4) is 0 Å². The van der Waals surface area contributed by atoms with Crippen molar-refractivity contribution in [3.63, 3.8) is 0 Å². The number of benzene rings is 1. The minimum absolute atomic E-state index is 0.165. The molecule has 0 spiro atoms. The van der Waals surface area contributed by atoms with E-state index in [1.807, 2.05) is 0 Å². The first kappa shape index (κ1) is 33.8. The number of halogens is 1. The molecule has 11 nitrogen and oxygen atoms in total. The number of hydrogen-bond acceptors (Lipinski definition) is 9. The Hall–Kier alpha value is -3.68. The highest BCUT2D eigenvalue weighted by Crippen LogP contribution is 2.34. The molecule has 2 aromatic heterocycles. The highest BCUT2D eigenvalue weighted by Gasteiger charge is 2.47. The molecule has 0 saturated heterocycles. The fraction of sp³-hybridized carbons (Fsp3) is 0.367. The van der Waals surface area contributed by atoms with Crippen LogP contribution < -0.4 is 5.73 Å². The van der Waals surface area contributed by atoms with Gasteiger partial charge in [-0.2, -0.15) is 0 Å². The molecule has 1 aromatic carbocycles. The van der Waals surface area contributed by atoms with E-state index in [2.05, 4.69) is 25.9 Å². The Bertz CT molecular complexity index is 1600. The molecule has 0 radical (unpaired) electrons. The van der Waals surface area contributed by atoms with Gasteiger partial charge in [0.2, 0.25) is 9.84 Å². The second-order valence-corrected chi connectivity index (χ2v) is 15.2. The summed E-state index contributed by atoms with van der Waals surface area (Å²) < 4.78 is 34.3. The van der Waals surface area contributed by atoms with Gasteiger partial charge in [0.15, 0.2) is 4.87 Å². The zero-order valence-corrected chi connectivity index (χ0v) is 27.1. The van der Waals surface area contributed by atoms with Crippen LogP contribution in [0, 0.1) is 5.41 Å². The average molecular weight is 676 g/mol. The molecule has 0 aliphatic rings. The van der Waals surface area contributed by atoms with E-state index < -0.39 is 55.4 Å². The second-order valence-electron chi connectivity index (χ2n) is 12.1. The summed E-state index contributed by atoms with van der Waals surface area (Å²) in [5.74, 6) is -2.53. The number of carbonyl (C=O) groups is 3. The molecule has 0 fully saturated rings. The normalized spacial score (nSPS) is 14.3. The van der Waals surface area contributed by atoms with Crippen molar-refractivity contribution in [1.82, 2.24) is 14.9 Å². The summed E-state index contributed by atoms with van der Waals surface area (Å²) in [7, 11) is -4.39. The van der Waals surface area contributed by atoms with Crippen LogP contribution in [-0.4, -0.2) is 58.0 Å². The first-order valence-corrected chi connectivity index (χ1v) is 15.5. The first-order chi connectivity index (χ1) is 19.8. The van der Waals surface area contributed by atoms with Crippen LogP contribution in [-0.2, 0) is 30.7 Å². The summed E-state index contributed by atoms with van der Waals surface area (Å²) >= 11 is 3.36. The van der Waals surface area contributed by atoms with Gasteiger partial charge in [-0.05, 0) is 68.1 Å². The number of carbonyl (C=O) groups excluding carboxylic acids is 2. The Morgan fingerprint density at radius 2 is 1.63 bits per heavy atom. The van der Waals surface area contributed by atoms with Gasteiger partial charge in [-0.3, -0.25) is 9.78 Å². The molecule has 0 aliphatic carbocycles. The number of rotatable bonds is 8. The van der Waals surface area contributed by atoms with Gasteiger partial charge < -0.3 is 15.6 Å². The van der Waals surface area contributed by atoms with Crippen molar-refractivity contribution in [1.29, 1.82) is 0 Å². The average Bonchev–Trinajstić information content (AvgIpc) is 2.91. The smallest absolute Gasteiger partial charge is 0.418 e. The standard InChI is InChI=1S/C30H35BrN4O7S/c1-28(2,3)24(26(37)38)35(27(39)42-29(4,5)6)25(36)22-10-7-11-23(34-22)30(32,17-19-12-14-20(31)15-13-19)43(40,41)21-9-8-16-33-18-21/h7-16,18,24H,17,32H2,1-6H3,(H,37,38). The Labute approximate surface area is 259 Å². The van der Waals surface area contributed by atoms with Crippen molar-refractivity contribution in [3.05, 3.63) is 88.4 Å². The van der Waals surface area contributed by atoms with E-state index in [4.69, 9.17) is 10.5 Å². The first-order valence-electron chi connectivity index (χ1n) is 13.2. The predicted octanol–water partition coefficient (Wildman–Crippen LogP) is 4.94. The van der Waals surface area contributed by atoms with E-state index in [-0.39, 0.29) is 17.0 Å². The third-order valence-corrected chi connectivity index (χ3v) is 9.03. The van der Waals surface area contributed by atoms with Crippen LogP contribution in [0.1, 0.15) is 63.3 Å². The van der Waals surface area contributed by atoms with E-state index >= 15 is 0 Å². The molecule has 2 atom stereocenters. The van der Waals surface area contributed by atoms with Crippen LogP contribution in [0.25, 0.3) is 0 Å². The molecule has 2 unspecified atom stereocenters. The number of ether oxygens (including phenoxy) is 1. The van der Waals surface area contributed by atoms with Crippen LogP contribution in [0.4, 0.5) is 4.79 Å². The fourth-order valence-electron chi connectivity index (χ4n) is 4.34. The van der Waals surface area contributed by atoms with Gasteiger partial charge in [0.1, 0.15) is 17.3 Å². The molecule has 230 valence electrons. The Morgan fingerprint density at radius 1 is 1.00 bits per heavy atom. The number of amides is 2. The summed E-state index contributed by atoms with van der Waals surface area (Å²) in [6.07, 6.45) is 1.16. The quantitative estimate of drug-likeness (QED) is 0.333. The van der Waals surface area contributed by atoms with Crippen LogP contribution in [0.3, 0.4) is 0 Å². The van der Waals surface area contributed by atoms with Crippen molar-refractivity contribution in [2.75, 3.05) is 0 Å². The van der Waals surface area contributed by atoms with Crippen LogP contribution >= 0.6 is 15.9 Å². The number of nitrogens with zero attached hydrogens (tertiary/aromatic N) is 3. The molecule has 3 aromatic rings. The van der Waals surface area contributed by atoms with E-state index in [1.165, 1.54) is 42.7 Å². The molecule has 3 N–H and O–H groups in total. The monoisotopic (exact) mass is 674 g/mol. The Balaban J connectivity index is 2.22. The minimum atomic E-state index is -4.39. The lowest BCUT2D eigenvalue weighted by molar-refractivity contribution is -0.146. The number of aromatic nitrogens is 2. The van der Waals surface area contributed by atoms with E-state index in [9.17, 15) is 27.9 Å². The molecule has 2 heterocycles. The largest absolute Gasteiger partial charge is 0.480 e. The predicted molar refractivity (Wildman–Crippen MR) is 163 cm³/mol. The molecule has 0 saturated carbocycles. The van der Waals surface area contributed by atoms with E-state index in [0.29, 0.717) is 10.5 Å². The lowest BCUT2D eigenvalue weighted by Gasteiger charge is -2.36. The highest BCUT2D eigenvalue weighted by atomic mass is 79.9. The van der Waals surface area contributed by atoms with Crippen LogP contribution in [0.5, 0.6) is 0 Å². The second kappa shape index (κ2) is 12.5. The van der Waals surface area contributed by atoms with E-state index in [0.717, 1.165) is 4.47 Å². The van der Waals surface area contributed by atoms with Gasteiger partial charge in [0.05, 0.1) is 10.6 Å². The summed E-state index contributed by atoms with van der Waals surface area (Å²) in [6.45, 7) is 9.41. The van der Waals surface area contributed by atoms with Crippen LogP contribution in [0.2, 0.25) is 0 Å².